The zero-order valence-corrected chi connectivity index (χ0v) is 19.5. The van der Waals surface area contributed by atoms with E-state index in [1.54, 1.807) is 6.92 Å². The maximum absolute atomic E-state index is 11.5. The molecule has 2 atom stereocenters. The summed E-state index contributed by atoms with van der Waals surface area (Å²) in [6.07, 6.45) is 21.1. The van der Waals surface area contributed by atoms with E-state index < -0.39 is 21.5 Å². The van der Waals surface area contributed by atoms with Crippen molar-refractivity contribution in [2.75, 3.05) is 0 Å². The quantitative estimate of drug-likeness (QED) is 0.154. The number of hydrogen-bond donors (Lipinski definition) is 2. The molecule has 0 aromatic carbocycles. The van der Waals surface area contributed by atoms with Gasteiger partial charge in [-0.05, 0) is 32.6 Å². The first-order valence-corrected chi connectivity index (χ1v) is 13.5. The zero-order chi connectivity index (χ0) is 21.1. The van der Waals surface area contributed by atoms with Gasteiger partial charge in [0.2, 0.25) is 0 Å². The number of aliphatic hydroxyl groups excluding tert-OH is 1. The van der Waals surface area contributed by atoms with Crippen molar-refractivity contribution in [3.05, 3.63) is 0 Å². The summed E-state index contributed by atoms with van der Waals surface area (Å²) in [5.74, 6) is 0. The SMILES string of the molecule is CCCCCCCCCCCCCCCCCC(CCCC(C)O)S(=O)(=O)O. The summed E-state index contributed by atoms with van der Waals surface area (Å²) in [4.78, 5) is 0. The van der Waals surface area contributed by atoms with Gasteiger partial charge in [0.1, 0.15) is 0 Å². The van der Waals surface area contributed by atoms with E-state index in [1.165, 1.54) is 77.0 Å². The molecule has 0 saturated heterocycles. The van der Waals surface area contributed by atoms with E-state index in [4.69, 9.17) is 0 Å². The van der Waals surface area contributed by atoms with Crippen LogP contribution in [0.2, 0.25) is 0 Å². The van der Waals surface area contributed by atoms with Crippen LogP contribution in [0.3, 0.4) is 0 Å². The molecule has 0 spiro atoms. The molecule has 0 amide bonds. The van der Waals surface area contributed by atoms with Crippen LogP contribution in [0.1, 0.15) is 136 Å². The van der Waals surface area contributed by atoms with Gasteiger partial charge in [-0.2, -0.15) is 8.42 Å². The molecule has 0 aliphatic rings. The first-order chi connectivity index (χ1) is 13.4. The molecule has 5 heteroatoms. The van der Waals surface area contributed by atoms with Crippen LogP contribution < -0.4 is 0 Å². The molecular formula is C23H48O4S. The van der Waals surface area contributed by atoms with E-state index in [0.29, 0.717) is 25.7 Å². The smallest absolute Gasteiger partial charge is 0.267 e. The van der Waals surface area contributed by atoms with Crippen LogP contribution in [0, 0.1) is 0 Å². The molecule has 0 fully saturated rings. The van der Waals surface area contributed by atoms with Crippen molar-refractivity contribution in [1.29, 1.82) is 0 Å². The first kappa shape index (κ1) is 27.9. The third-order valence-corrected chi connectivity index (χ3v) is 7.01. The van der Waals surface area contributed by atoms with Crippen molar-refractivity contribution in [3.8, 4) is 0 Å². The maximum atomic E-state index is 11.5. The van der Waals surface area contributed by atoms with E-state index in [2.05, 4.69) is 6.92 Å². The summed E-state index contributed by atoms with van der Waals surface area (Å²) in [7, 11) is -3.96. The van der Waals surface area contributed by atoms with Gasteiger partial charge in [0.25, 0.3) is 10.1 Å². The topological polar surface area (TPSA) is 74.6 Å². The Labute approximate surface area is 175 Å². The van der Waals surface area contributed by atoms with Crippen molar-refractivity contribution >= 4 is 10.1 Å². The number of unbranched alkanes of at least 4 members (excludes halogenated alkanes) is 14. The third kappa shape index (κ3) is 19.2. The Balaban J connectivity index is 3.48. The highest BCUT2D eigenvalue weighted by Gasteiger charge is 2.22. The lowest BCUT2D eigenvalue weighted by molar-refractivity contribution is 0.180. The summed E-state index contributed by atoms with van der Waals surface area (Å²) in [5.41, 5.74) is 0. The van der Waals surface area contributed by atoms with Crippen LogP contribution in [-0.2, 0) is 10.1 Å². The Hall–Kier alpha value is -0.130. The molecule has 0 bridgehead atoms. The highest BCUT2D eigenvalue weighted by Crippen LogP contribution is 2.19. The summed E-state index contributed by atoms with van der Waals surface area (Å²) in [6.45, 7) is 3.97. The van der Waals surface area contributed by atoms with Crippen LogP contribution in [-0.4, -0.2) is 29.4 Å². The Bertz CT molecular complexity index is 420. The van der Waals surface area contributed by atoms with Crippen molar-refractivity contribution in [2.45, 2.75) is 147 Å². The number of rotatable bonds is 21. The summed E-state index contributed by atoms with van der Waals surface area (Å²) in [6, 6.07) is 0. The maximum Gasteiger partial charge on any atom is 0.267 e. The van der Waals surface area contributed by atoms with Gasteiger partial charge in [-0.15, -0.1) is 0 Å². The lowest BCUT2D eigenvalue weighted by Gasteiger charge is -2.14. The minimum Gasteiger partial charge on any atom is -0.393 e. The van der Waals surface area contributed by atoms with Crippen molar-refractivity contribution in [2.24, 2.45) is 0 Å². The number of hydrogen-bond acceptors (Lipinski definition) is 3. The Kier molecular flexibility index (Phi) is 18.8. The largest absolute Gasteiger partial charge is 0.393 e. The molecular weight excluding hydrogens is 372 g/mol. The lowest BCUT2D eigenvalue weighted by Crippen LogP contribution is -2.21. The Morgan fingerprint density at radius 2 is 0.964 bits per heavy atom. The summed E-state index contributed by atoms with van der Waals surface area (Å²) in [5, 5.41) is 8.61. The molecule has 0 aliphatic carbocycles. The second-order valence-corrected chi connectivity index (χ2v) is 10.4. The molecule has 0 radical (unpaired) electrons. The molecule has 4 nitrogen and oxygen atoms in total. The van der Waals surface area contributed by atoms with Gasteiger partial charge >= 0.3 is 0 Å². The van der Waals surface area contributed by atoms with Gasteiger partial charge in [0.05, 0.1) is 11.4 Å². The highest BCUT2D eigenvalue weighted by atomic mass is 32.2. The molecule has 0 heterocycles. The molecule has 0 rings (SSSR count). The molecule has 2 unspecified atom stereocenters. The average molecular weight is 421 g/mol. The van der Waals surface area contributed by atoms with E-state index >= 15 is 0 Å². The lowest BCUT2D eigenvalue weighted by atomic mass is 10.0. The van der Waals surface area contributed by atoms with E-state index in [9.17, 15) is 18.1 Å². The minimum absolute atomic E-state index is 0.409. The van der Waals surface area contributed by atoms with E-state index in [0.717, 1.165) is 19.3 Å². The number of aliphatic hydroxyl groups is 1. The van der Waals surface area contributed by atoms with Crippen LogP contribution in [0.15, 0.2) is 0 Å². The minimum atomic E-state index is -3.96. The predicted molar refractivity (Wildman–Crippen MR) is 120 cm³/mol. The van der Waals surface area contributed by atoms with Gasteiger partial charge in [-0.25, -0.2) is 0 Å². The zero-order valence-electron chi connectivity index (χ0n) is 18.7. The van der Waals surface area contributed by atoms with E-state index in [-0.39, 0.29) is 0 Å². The van der Waals surface area contributed by atoms with Crippen molar-refractivity contribution < 1.29 is 18.1 Å². The first-order valence-electron chi connectivity index (χ1n) is 12.0. The normalized spacial score (nSPS) is 14.3. The summed E-state index contributed by atoms with van der Waals surface area (Å²) < 4.78 is 32.3. The second-order valence-electron chi connectivity index (χ2n) is 8.66. The van der Waals surface area contributed by atoms with Gasteiger partial charge in [0.15, 0.2) is 0 Å². The fourth-order valence-electron chi connectivity index (χ4n) is 3.83. The third-order valence-electron chi connectivity index (χ3n) is 5.70. The van der Waals surface area contributed by atoms with Gasteiger partial charge < -0.3 is 5.11 Å². The molecule has 0 aromatic rings. The van der Waals surface area contributed by atoms with Crippen LogP contribution >= 0.6 is 0 Å². The molecule has 0 saturated carbocycles. The van der Waals surface area contributed by atoms with Gasteiger partial charge in [-0.3, -0.25) is 4.55 Å². The molecule has 2 N–H and O–H groups in total. The fraction of sp³-hybridized carbons (Fsp3) is 1.00. The Morgan fingerprint density at radius 3 is 1.32 bits per heavy atom. The van der Waals surface area contributed by atoms with Crippen molar-refractivity contribution in [3.63, 3.8) is 0 Å². The van der Waals surface area contributed by atoms with Crippen LogP contribution in [0.4, 0.5) is 0 Å². The monoisotopic (exact) mass is 420 g/mol. The predicted octanol–water partition coefficient (Wildman–Crippen LogP) is 7.06. The molecule has 28 heavy (non-hydrogen) atoms. The molecule has 0 aliphatic heterocycles. The van der Waals surface area contributed by atoms with Gasteiger partial charge in [-0.1, -0.05) is 103 Å². The molecule has 0 aromatic heterocycles. The average Bonchev–Trinajstić information content (AvgIpc) is 2.62. The Morgan fingerprint density at radius 1 is 0.607 bits per heavy atom. The standard InChI is InChI=1S/C23H48O4S/c1-3-4-5-6-7-8-9-10-11-12-13-14-15-16-17-20-23(28(25,26)27)21-18-19-22(2)24/h22-24H,3-21H2,1-2H3,(H,25,26,27). The van der Waals surface area contributed by atoms with E-state index in [1.807, 2.05) is 0 Å². The van der Waals surface area contributed by atoms with Crippen molar-refractivity contribution in [1.82, 2.24) is 0 Å². The van der Waals surface area contributed by atoms with Gasteiger partial charge in [0, 0.05) is 0 Å². The molecule has 170 valence electrons. The highest BCUT2D eigenvalue weighted by molar-refractivity contribution is 7.86. The fourth-order valence-corrected chi connectivity index (χ4v) is 4.76. The summed E-state index contributed by atoms with van der Waals surface area (Å²) >= 11 is 0. The van der Waals surface area contributed by atoms with Crippen LogP contribution in [0.25, 0.3) is 0 Å². The second kappa shape index (κ2) is 18.9. The van der Waals surface area contributed by atoms with Crippen LogP contribution in [0.5, 0.6) is 0 Å².